The summed E-state index contributed by atoms with van der Waals surface area (Å²) in [5.74, 6) is 1.97. The largest absolute Gasteiger partial charge is 0.493 e. The van der Waals surface area contributed by atoms with E-state index in [2.05, 4.69) is 21.6 Å². The Labute approximate surface area is 123 Å². The number of unbranched alkanes of at least 4 members (excludes halogenated alkanes) is 1. The Bertz CT molecular complexity index is 633. The summed E-state index contributed by atoms with van der Waals surface area (Å²) in [5.41, 5.74) is 0.845. The number of aromatic nitrogens is 4. The molecule has 7 heteroatoms. The summed E-state index contributed by atoms with van der Waals surface area (Å²) in [6, 6.07) is 7.68. The van der Waals surface area contributed by atoms with Gasteiger partial charge in [-0.25, -0.2) is 4.68 Å². The zero-order valence-corrected chi connectivity index (χ0v) is 12.1. The summed E-state index contributed by atoms with van der Waals surface area (Å²) in [5, 5.41) is 20.3. The number of tetrazole rings is 1. The Balaban J connectivity index is 2.26. The third-order valence-corrected chi connectivity index (χ3v) is 2.91. The lowest BCUT2D eigenvalue weighted by Crippen LogP contribution is -2.03. The van der Waals surface area contributed by atoms with Crippen molar-refractivity contribution in [1.82, 2.24) is 20.2 Å². The number of rotatable bonds is 7. The number of hydrogen-bond donors (Lipinski definition) is 0. The lowest BCUT2D eigenvalue weighted by molar-refractivity contribution is 0.311. The van der Waals surface area contributed by atoms with Gasteiger partial charge in [0.15, 0.2) is 17.3 Å². The van der Waals surface area contributed by atoms with Gasteiger partial charge in [0, 0.05) is 18.5 Å². The summed E-state index contributed by atoms with van der Waals surface area (Å²) in [4.78, 5) is 0. The second-order valence-corrected chi connectivity index (χ2v) is 4.29. The van der Waals surface area contributed by atoms with Crippen molar-refractivity contribution in [2.45, 2.75) is 26.3 Å². The van der Waals surface area contributed by atoms with Gasteiger partial charge in [-0.3, -0.25) is 0 Å². The van der Waals surface area contributed by atoms with Crippen LogP contribution in [0.1, 0.15) is 19.8 Å². The lowest BCUT2D eigenvalue weighted by atomic mass is 10.2. The molecule has 1 heterocycles. The van der Waals surface area contributed by atoms with E-state index in [-0.39, 0.29) is 0 Å². The van der Waals surface area contributed by atoms with Gasteiger partial charge in [0.1, 0.15) is 0 Å². The first-order valence-electron chi connectivity index (χ1n) is 6.74. The highest BCUT2D eigenvalue weighted by molar-refractivity contribution is 5.60. The summed E-state index contributed by atoms with van der Waals surface area (Å²) >= 11 is 0. The van der Waals surface area contributed by atoms with E-state index in [4.69, 9.17) is 14.7 Å². The Morgan fingerprint density at radius 2 is 2.19 bits per heavy atom. The molecule has 0 aliphatic carbocycles. The predicted octanol–water partition coefficient (Wildman–Crippen LogP) is 2.05. The smallest absolute Gasteiger partial charge is 0.182 e. The van der Waals surface area contributed by atoms with E-state index in [1.165, 1.54) is 0 Å². The molecule has 0 fully saturated rings. The van der Waals surface area contributed by atoms with Crippen LogP contribution < -0.4 is 9.47 Å². The fourth-order valence-corrected chi connectivity index (χ4v) is 1.95. The van der Waals surface area contributed by atoms with E-state index in [1.54, 1.807) is 11.8 Å². The van der Waals surface area contributed by atoms with Crippen molar-refractivity contribution in [1.29, 1.82) is 5.26 Å². The number of benzene rings is 1. The first kappa shape index (κ1) is 14.8. The van der Waals surface area contributed by atoms with Crippen molar-refractivity contribution in [3.8, 4) is 29.0 Å². The van der Waals surface area contributed by atoms with Crippen LogP contribution in [0.15, 0.2) is 18.2 Å². The zero-order valence-electron chi connectivity index (χ0n) is 12.1. The van der Waals surface area contributed by atoms with E-state index in [1.807, 2.05) is 25.1 Å². The van der Waals surface area contributed by atoms with E-state index in [0.29, 0.717) is 43.3 Å². The van der Waals surface area contributed by atoms with E-state index >= 15 is 0 Å². The highest BCUT2D eigenvalue weighted by atomic mass is 16.5. The third kappa shape index (κ3) is 3.48. The van der Waals surface area contributed by atoms with Crippen LogP contribution in [0.3, 0.4) is 0 Å². The quantitative estimate of drug-likeness (QED) is 0.724. The van der Waals surface area contributed by atoms with Gasteiger partial charge >= 0.3 is 0 Å². The highest BCUT2D eigenvalue weighted by Gasteiger charge is 2.12. The van der Waals surface area contributed by atoms with E-state index in [0.717, 1.165) is 5.56 Å². The Morgan fingerprint density at radius 1 is 1.33 bits per heavy atom. The monoisotopic (exact) mass is 287 g/mol. The molecule has 0 bridgehead atoms. The topological polar surface area (TPSA) is 85.9 Å². The second-order valence-electron chi connectivity index (χ2n) is 4.29. The molecule has 1 aromatic heterocycles. The van der Waals surface area contributed by atoms with Gasteiger partial charge in [-0.2, -0.15) is 5.26 Å². The molecule has 0 unspecified atom stereocenters. The van der Waals surface area contributed by atoms with Gasteiger partial charge in [-0.1, -0.05) is 0 Å². The normalized spacial score (nSPS) is 10.1. The van der Waals surface area contributed by atoms with Gasteiger partial charge in [0.05, 0.1) is 19.8 Å². The lowest BCUT2D eigenvalue weighted by Gasteiger charge is -2.10. The van der Waals surface area contributed by atoms with Crippen molar-refractivity contribution in [2.24, 2.45) is 0 Å². The highest BCUT2D eigenvalue weighted by Crippen LogP contribution is 2.31. The van der Waals surface area contributed by atoms with Crippen molar-refractivity contribution in [3.05, 3.63) is 18.2 Å². The van der Waals surface area contributed by atoms with Crippen LogP contribution >= 0.6 is 0 Å². The second kappa shape index (κ2) is 7.24. The minimum absolute atomic E-state index is 0.478. The summed E-state index contributed by atoms with van der Waals surface area (Å²) in [6.07, 6.45) is 1.19. The van der Waals surface area contributed by atoms with E-state index in [9.17, 15) is 0 Å². The summed E-state index contributed by atoms with van der Waals surface area (Å²) in [6.45, 7) is 3.09. The van der Waals surface area contributed by atoms with Crippen LogP contribution in [-0.2, 0) is 6.54 Å². The minimum atomic E-state index is 0.478. The van der Waals surface area contributed by atoms with Crippen LogP contribution in [-0.4, -0.2) is 33.9 Å². The third-order valence-electron chi connectivity index (χ3n) is 2.91. The molecule has 2 aromatic rings. The molecule has 0 amide bonds. The number of methoxy groups -OCH3 is 1. The maximum atomic E-state index is 8.59. The molecule has 0 atom stereocenters. The van der Waals surface area contributed by atoms with Crippen molar-refractivity contribution in [2.75, 3.05) is 13.7 Å². The number of nitrogens with zero attached hydrogens (tertiary/aromatic N) is 5. The molecule has 0 saturated carbocycles. The number of hydrogen-bond acceptors (Lipinski definition) is 6. The predicted molar refractivity (Wildman–Crippen MR) is 75.8 cm³/mol. The van der Waals surface area contributed by atoms with Crippen LogP contribution in [0.25, 0.3) is 11.4 Å². The van der Waals surface area contributed by atoms with Gasteiger partial charge in [0.2, 0.25) is 0 Å². The molecule has 0 aliphatic heterocycles. The maximum Gasteiger partial charge on any atom is 0.182 e. The molecule has 110 valence electrons. The Kier molecular flexibility index (Phi) is 5.10. The number of ether oxygens (including phenoxy) is 2. The molecule has 0 saturated heterocycles. The van der Waals surface area contributed by atoms with Crippen molar-refractivity contribution >= 4 is 0 Å². The van der Waals surface area contributed by atoms with Gasteiger partial charge in [-0.05, 0) is 42.0 Å². The van der Waals surface area contributed by atoms with E-state index < -0.39 is 0 Å². The molecular weight excluding hydrogens is 270 g/mol. The molecule has 0 N–H and O–H groups in total. The average molecular weight is 287 g/mol. The SMILES string of the molecule is CCOc1ccc(-c2nnnn2CCCC#N)cc1OC. The number of nitriles is 1. The minimum Gasteiger partial charge on any atom is -0.493 e. The number of aryl methyl sites for hydroxylation is 1. The maximum absolute atomic E-state index is 8.59. The van der Waals surface area contributed by atoms with Crippen LogP contribution in [0, 0.1) is 11.3 Å². The van der Waals surface area contributed by atoms with Gasteiger partial charge < -0.3 is 9.47 Å². The zero-order chi connectivity index (χ0) is 15.1. The fourth-order valence-electron chi connectivity index (χ4n) is 1.95. The molecule has 21 heavy (non-hydrogen) atoms. The van der Waals surface area contributed by atoms with Gasteiger partial charge in [0.25, 0.3) is 0 Å². The molecule has 7 nitrogen and oxygen atoms in total. The van der Waals surface area contributed by atoms with Crippen molar-refractivity contribution < 1.29 is 9.47 Å². The molecule has 1 aromatic carbocycles. The first-order valence-corrected chi connectivity index (χ1v) is 6.74. The summed E-state index contributed by atoms with van der Waals surface area (Å²) < 4.78 is 12.5. The van der Waals surface area contributed by atoms with Crippen LogP contribution in [0.5, 0.6) is 11.5 Å². The van der Waals surface area contributed by atoms with Gasteiger partial charge in [-0.15, -0.1) is 5.10 Å². The van der Waals surface area contributed by atoms with Crippen LogP contribution in [0.2, 0.25) is 0 Å². The van der Waals surface area contributed by atoms with Crippen LogP contribution in [0.4, 0.5) is 0 Å². The summed E-state index contributed by atoms with van der Waals surface area (Å²) in [7, 11) is 1.59. The Morgan fingerprint density at radius 3 is 2.90 bits per heavy atom. The Hall–Kier alpha value is -2.62. The molecule has 2 rings (SSSR count). The molecule has 0 aliphatic rings. The first-order chi connectivity index (χ1) is 10.3. The molecule has 0 radical (unpaired) electrons. The molecular formula is C14H17N5O2. The average Bonchev–Trinajstić information content (AvgIpc) is 2.97. The van der Waals surface area contributed by atoms with Crippen molar-refractivity contribution in [3.63, 3.8) is 0 Å². The standard InChI is InChI=1S/C14H17N5O2/c1-3-21-12-7-6-11(10-13(12)20-2)14-16-17-18-19(14)9-5-4-8-15/h6-7,10H,3-5,9H2,1-2H3. The fraction of sp³-hybridized carbons (Fsp3) is 0.429. The molecule has 0 spiro atoms.